The third kappa shape index (κ3) is 4.22. The number of aromatic nitrogens is 1. The van der Waals surface area contributed by atoms with Crippen LogP contribution in [0, 0.1) is 5.82 Å². The quantitative estimate of drug-likeness (QED) is 0.422. The van der Waals surface area contributed by atoms with Crippen molar-refractivity contribution in [2.75, 3.05) is 5.32 Å². The number of hydrogen-bond donors (Lipinski definition) is 1. The van der Waals surface area contributed by atoms with Crippen molar-refractivity contribution in [2.45, 2.75) is 16.5 Å². The molecule has 0 saturated heterocycles. The SMILES string of the molecule is O=S(=O)(c1ccc(Cl)cc1)c1nc(-c2ccc(F)cc2)oc1NCc1ccccc1. The normalized spacial score (nSPS) is 11.4. The fraction of sp³-hybridized carbons (Fsp3) is 0.0455. The number of nitrogens with one attached hydrogen (secondary N) is 1. The molecule has 3 aromatic carbocycles. The molecular formula is C22H16ClFN2O3S. The Balaban J connectivity index is 1.76. The first-order valence-corrected chi connectivity index (χ1v) is 10.8. The largest absolute Gasteiger partial charge is 0.419 e. The highest BCUT2D eigenvalue weighted by Gasteiger charge is 2.28. The molecular weight excluding hydrogens is 427 g/mol. The van der Waals surface area contributed by atoms with Crippen molar-refractivity contribution < 1.29 is 17.2 Å². The Morgan fingerprint density at radius 2 is 1.60 bits per heavy atom. The molecule has 0 bridgehead atoms. The van der Waals surface area contributed by atoms with Crippen molar-refractivity contribution in [1.82, 2.24) is 4.98 Å². The van der Waals surface area contributed by atoms with Crippen LogP contribution in [-0.2, 0) is 16.4 Å². The summed E-state index contributed by atoms with van der Waals surface area (Å²) >= 11 is 5.88. The highest BCUT2D eigenvalue weighted by Crippen LogP contribution is 2.33. The average molecular weight is 443 g/mol. The van der Waals surface area contributed by atoms with E-state index in [0.29, 0.717) is 17.1 Å². The molecule has 30 heavy (non-hydrogen) atoms. The van der Waals surface area contributed by atoms with E-state index in [0.717, 1.165) is 5.56 Å². The molecule has 0 aliphatic rings. The van der Waals surface area contributed by atoms with E-state index >= 15 is 0 Å². The number of halogens is 2. The Labute approximate surface area is 178 Å². The van der Waals surface area contributed by atoms with Crippen LogP contribution in [0.1, 0.15) is 5.56 Å². The molecule has 0 amide bonds. The van der Waals surface area contributed by atoms with Crippen LogP contribution in [0.4, 0.5) is 10.3 Å². The average Bonchev–Trinajstić information content (AvgIpc) is 3.19. The van der Waals surface area contributed by atoms with E-state index in [-0.39, 0.29) is 21.7 Å². The zero-order valence-electron chi connectivity index (χ0n) is 15.5. The molecule has 4 rings (SSSR count). The van der Waals surface area contributed by atoms with Gasteiger partial charge in [0.1, 0.15) is 5.82 Å². The van der Waals surface area contributed by atoms with Gasteiger partial charge in [0.05, 0.1) is 4.90 Å². The van der Waals surface area contributed by atoms with E-state index in [9.17, 15) is 12.8 Å². The lowest BCUT2D eigenvalue weighted by molar-refractivity contribution is 0.576. The number of benzene rings is 3. The summed E-state index contributed by atoms with van der Waals surface area (Å²) in [5, 5.41) is 3.18. The van der Waals surface area contributed by atoms with Crippen LogP contribution in [0.25, 0.3) is 11.5 Å². The second-order valence-electron chi connectivity index (χ2n) is 6.46. The second kappa shape index (κ2) is 8.30. The number of rotatable bonds is 6. The van der Waals surface area contributed by atoms with E-state index < -0.39 is 15.7 Å². The summed E-state index contributed by atoms with van der Waals surface area (Å²) in [7, 11) is -3.99. The molecule has 0 spiro atoms. The highest BCUT2D eigenvalue weighted by atomic mass is 35.5. The minimum absolute atomic E-state index is 0.00753. The third-order valence-corrected chi connectivity index (χ3v) is 6.29. The van der Waals surface area contributed by atoms with Gasteiger partial charge in [-0.3, -0.25) is 0 Å². The minimum atomic E-state index is -3.99. The topological polar surface area (TPSA) is 72.2 Å². The second-order valence-corrected chi connectivity index (χ2v) is 8.76. The summed E-state index contributed by atoms with van der Waals surface area (Å²) in [6.45, 7) is 0.335. The van der Waals surface area contributed by atoms with Gasteiger partial charge in [-0.25, -0.2) is 12.8 Å². The Morgan fingerprint density at radius 3 is 2.27 bits per heavy atom. The maximum absolute atomic E-state index is 13.3. The lowest BCUT2D eigenvalue weighted by Gasteiger charge is -2.06. The molecule has 0 atom stereocenters. The number of nitrogens with zero attached hydrogens (tertiary/aromatic N) is 1. The molecule has 0 aliphatic carbocycles. The van der Waals surface area contributed by atoms with Crippen LogP contribution in [0.15, 0.2) is 93.2 Å². The van der Waals surface area contributed by atoms with Gasteiger partial charge >= 0.3 is 0 Å². The Hall–Kier alpha value is -3.16. The van der Waals surface area contributed by atoms with Gasteiger partial charge in [0.25, 0.3) is 0 Å². The van der Waals surface area contributed by atoms with Gasteiger partial charge in [-0.2, -0.15) is 4.98 Å². The summed E-state index contributed by atoms with van der Waals surface area (Å²) in [5.41, 5.74) is 1.39. The van der Waals surface area contributed by atoms with E-state index in [2.05, 4.69) is 10.3 Å². The molecule has 0 radical (unpaired) electrons. The molecule has 152 valence electrons. The van der Waals surface area contributed by atoms with Gasteiger partial charge in [-0.15, -0.1) is 0 Å². The fourth-order valence-corrected chi connectivity index (χ4v) is 4.22. The number of anilines is 1. The molecule has 0 fully saturated rings. The van der Waals surface area contributed by atoms with Crippen LogP contribution >= 0.6 is 11.6 Å². The molecule has 1 N–H and O–H groups in total. The smallest absolute Gasteiger partial charge is 0.234 e. The zero-order chi connectivity index (χ0) is 21.1. The van der Waals surface area contributed by atoms with Gasteiger partial charge in [0.15, 0.2) is 0 Å². The monoisotopic (exact) mass is 442 g/mol. The predicted octanol–water partition coefficient (Wildman–Crippen LogP) is 5.58. The van der Waals surface area contributed by atoms with Gasteiger partial charge in [-0.05, 0) is 54.1 Å². The maximum atomic E-state index is 13.3. The lowest BCUT2D eigenvalue weighted by Crippen LogP contribution is -2.07. The molecule has 0 aliphatic heterocycles. The summed E-state index contributed by atoms with van der Waals surface area (Å²) in [6, 6.07) is 20.7. The van der Waals surface area contributed by atoms with Crippen molar-refractivity contribution in [3.63, 3.8) is 0 Å². The number of hydrogen-bond acceptors (Lipinski definition) is 5. The molecule has 0 saturated carbocycles. The standard InChI is InChI=1S/C22H16ClFN2O3S/c23-17-8-12-19(13-9-17)30(27,28)22-21(25-14-15-4-2-1-3-5-15)29-20(26-22)16-6-10-18(24)11-7-16/h1-13,25H,14H2. The summed E-state index contributed by atoms with van der Waals surface area (Å²) < 4.78 is 45.4. The molecule has 0 unspecified atom stereocenters. The van der Waals surface area contributed by atoms with Crippen molar-refractivity contribution in [3.05, 3.63) is 95.3 Å². The van der Waals surface area contributed by atoms with Crippen LogP contribution in [0.2, 0.25) is 5.02 Å². The Morgan fingerprint density at radius 1 is 0.933 bits per heavy atom. The summed E-state index contributed by atoms with van der Waals surface area (Å²) in [5.74, 6) is -0.340. The third-order valence-electron chi connectivity index (χ3n) is 4.36. The molecule has 5 nitrogen and oxygen atoms in total. The van der Waals surface area contributed by atoms with E-state index in [1.54, 1.807) is 0 Å². The zero-order valence-corrected chi connectivity index (χ0v) is 17.1. The first-order chi connectivity index (χ1) is 14.4. The lowest BCUT2D eigenvalue weighted by atomic mass is 10.2. The highest BCUT2D eigenvalue weighted by molar-refractivity contribution is 7.91. The summed E-state index contributed by atoms with van der Waals surface area (Å²) in [4.78, 5) is 4.26. The van der Waals surface area contributed by atoms with Crippen molar-refractivity contribution in [3.8, 4) is 11.5 Å². The maximum Gasteiger partial charge on any atom is 0.234 e. The first kappa shape index (κ1) is 20.1. The van der Waals surface area contributed by atoms with Crippen LogP contribution in [-0.4, -0.2) is 13.4 Å². The van der Waals surface area contributed by atoms with E-state index in [4.69, 9.17) is 16.0 Å². The fourth-order valence-electron chi connectivity index (χ4n) is 2.82. The first-order valence-electron chi connectivity index (χ1n) is 8.99. The predicted molar refractivity (Wildman–Crippen MR) is 113 cm³/mol. The van der Waals surface area contributed by atoms with Crippen LogP contribution in [0.3, 0.4) is 0 Å². The van der Waals surface area contributed by atoms with Gasteiger partial charge in [-0.1, -0.05) is 41.9 Å². The van der Waals surface area contributed by atoms with Crippen molar-refractivity contribution in [2.24, 2.45) is 0 Å². The minimum Gasteiger partial charge on any atom is -0.419 e. The van der Waals surface area contributed by atoms with Gasteiger partial charge in [0.2, 0.25) is 26.6 Å². The molecule has 8 heteroatoms. The Kier molecular flexibility index (Phi) is 5.57. The molecule has 4 aromatic rings. The van der Waals surface area contributed by atoms with Crippen LogP contribution in [0.5, 0.6) is 0 Å². The molecule has 1 aromatic heterocycles. The van der Waals surface area contributed by atoms with Gasteiger partial charge < -0.3 is 9.73 Å². The molecule has 1 heterocycles. The van der Waals surface area contributed by atoms with Crippen molar-refractivity contribution in [1.29, 1.82) is 0 Å². The van der Waals surface area contributed by atoms with Gasteiger partial charge in [0, 0.05) is 17.1 Å². The van der Waals surface area contributed by atoms with E-state index in [1.165, 1.54) is 48.5 Å². The number of oxazole rings is 1. The Bertz CT molecular complexity index is 1260. The number of sulfone groups is 1. The van der Waals surface area contributed by atoms with Crippen molar-refractivity contribution >= 4 is 27.3 Å². The van der Waals surface area contributed by atoms with Crippen LogP contribution < -0.4 is 5.32 Å². The van der Waals surface area contributed by atoms with E-state index in [1.807, 2.05) is 30.3 Å². The summed E-state index contributed by atoms with van der Waals surface area (Å²) in [6.07, 6.45) is 0.